The first-order chi connectivity index (χ1) is 8.27. The van der Waals surface area contributed by atoms with Gasteiger partial charge in [0.05, 0.1) is 0 Å². The van der Waals surface area contributed by atoms with Crippen LogP contribution >= 0.6 is 15.9 Å². The van der Waals surface area contributed by atoms with Crippen molar-refractivity contribution in [2.75, 3.05) is 0 Å². The molecule has 2 aromatic rings. The van der Waals surface area contributed by atoms with Gasteiger partial charge in [-0.1, -0.05) is 76.6 Å². The van der Waals surface area contributed by atoms with Crippen molar-refractivity contribution < 1.29 is 5.11 Å². The molecular weight excluding hydrogens is 276 g/mol. The predicted octanol–water partition coefficient (Wildman–Crippen LogP) is 4.16. The maximum absolute atomic E-state index is 10.1. The molecule has 17 heavy (non-hydrogen) atoms. The summed E-state index contributed by atoms with van der Waals surface area (Å²) in [6, 6.07) is 19.5. The average molecular weight is 289 g/mol. The molecule has 0 aliphatic carbocycles. The first-order valence-corrected chi connectivity index (χ1v) is 6.22. The van der Waals surface area contributed by atoms with Gasteiger partial charge in [0, 0.05) is 4.48 Å². The molecule has 1 nitrogen and oxygen atoms in total. The van der Waals surface area contributed by atoms with Gasteiger partial charge in [-0.2, -0.15) is 0 Å². The van der Waals surface area contributed by atoms with E-state index in [1.165, 1.54) is 0 Å². The number of aliphatic hydroxyl groups is 1. The van der Waals surface area contributed by atoms with Crippen LogP contribution in [0.3, 0.4) is 0 Å². The molecule has 0 saturated carbocycles. The molecule has 0 amide bonds. The van der Waals surface area contributed by atoms with Crippen LogP contribution in [0.1, 0.15) is 17.2 Å². The lowest BCUT2D eigenvalue weighted by Crippen LogP contribution is -1.96. The Labute approximate surface area is 110 Å². The van der Waals surface area contributed by atoms with Crippen molar-refractivity contribution in [2.45, 2.75) is 6.10 Å². The fourth-order valence-electron chi connectivity index (χ4n) is 1.58. The highest BCUT2D eigenvalue weighted by Crippen LogP contribution is 2.27. The second-order valence-electron chi connectivity index (χ2n) is 3.75. The maximum atomic E-state index is 10.1. The van der Waals surface area contributed by atoms with E-state index in [1.807, 2.05) is 66.7 Å². The monoisotopic (exact) mass is 288 g/mol. The Hall–Kier alpha value is -1.38. The van der Waals surface area contributed by atoms with E-state index in [-0.39, 0.29) is 0 Å². The smallest absolute Gasteiger partial charge is 0.110 e. The Morgan fingerprint density at radius 2 is 1.47 bits per heavy atom. The summed E-state index contributed by atoms with van der Waals surface area (Å²) in [4.78, 5) is 0. The summed E-state index contributed by atoms with van der Waals surface area (Å²) >= 11 is 3.43. The quantitative estimate of drug-likeness (QED) is 0.899. The van der Waals surface area contributed by atoms with Gasteiger partial charge >= 0.3 is 0 Å². The SMILES string of the molecule is OC(/C(Br)=C\c1ccccc1)c1ccccc1. The largest absolute Gasteiger partial charge is 0.383 e. The lowest BCUT2D eigenvalue weighted by Gasteiger charge is -2.10. The lowest BCUT2D eigenvalue weighted by atomic mass is 10.1. The van der Waals surface area contributed by atoms with E-state index in [2.05, 4.69) is 15.9 Å². The van der Waals surface area contributed by atoms with Crippen LogP contribution in [0.5, 0.6) is 0 Å². The van der Waals surface area contributed by atoms with Crippen molar-refractivity contribution in [3.8, 4) is 0 Å². The van der Waals surface area contributed by atoms with Gasteiger partial charge in [0.1, 0.15) is 6.10 Å². The van der Waals surface area contributed by atoms with E-state index in [1.54, 1.807) is 0 Å². The molecule has 0 aromatic heterocycles. The summed E-state index contributed by atoms with van der Waals surface area (Å²) < 4.78 is 0.759. The molecule has 2 aromatic carbocycles. The second kappa shape index (κ2) is 5.80. The van der Waals surface area contributed by atoms with E-state index in [0.717, 1.165) is 15.6 Å². The molecular formula is C15H13BrO. The van der Waals surface area contributed by atoms with E-state index < -0.39 is 6.10 Å². The topological polar surface area (TPSA) is 20.2 Å². The minimum atomic E-state index is -0.614. The Kier molecular flexibility index (Phi) is 4.13. The highest BCUT2D eigenvalue weighted by Gasteiger charge is 2.09. The summed E-state index contributed by atoms with van der Waals surface area (Å²) in [5.74, 6) is 0. The summed E-state index contributed by atoms with van der Waals surface area (Å²) in [5.41, 5.74) is 1.95. The molecule has 0 saturated heterocycles. The van der Waals surface area contributed by atoms with Gasteiger partial charge in [-0.3, -0.25) is 0 Å². The van der Waals surface area contributed by atoms with Gasteiger partial charge in [0.15, 0.2) is 0 Å². The van der Waals surface area contributed by atoms with Gasteiger partial charge in [0.2, 0.25) is 0 Å². The number of benzene rings is 2. The zero-order chi connectivity index (χ0) is 12.1. The molecule has 0 spiro atoms. The molecule has 1 unspecified atom stereocenters. The van der Waals surface area contributed by atoms with Crippen LogP contribution in [-0.4, -0.2) is 5.11 Å². The van der Waals surface area contributed by atoms with Crippen molar-refractivity contribution in [1.82, 2.24) is 0 Å². The van der Waals surface area contributed by atoms with Gasteiger partial charge in [0.25, 0.3) is 0 Å². The summed E-state index contributed by atoms with van der Waals surface area (Å²) in [5, 5.41) is 10.1. The molecule has 1 atom stereocenters. The molecule has 2 heteroatoms. The summed E-state index contributed by atoms with van der Waals surface area (Å²) in [7, 11) is 0. The Bertz CT molecular complexity index is 491. The van der Waals surface area contributed by atoms with Crippen molar-refractivity contribution >= 4 is 22.0 Å². The second-order valence-corrected chi connectivity index (χ2v) is 4.67. The third-order valence-corrected chi connectivity index (χ3v) is 3.14. The van der Waals surface area contributed by atoms with Crippen LogP contribution in [0.4, 0.5) is 0 Å². The van der Waals surface area contributed by atoms with E-state index >= 15 is 0 Å². The van der Waals surface area contributed by atoms with Gasteiger partial charge in [-0.15, -0.1) is 0 Å². The third kappa shape index (κ3) is 3.29. The Balaban J connectivity index is 2.21. The fraction of sp³-hybridized carbons (Fsp3) is 0.0667. The predicted molar refractivity (Wildman–Crippen MR) is 74.7 cm³/mol. The standard InChI is InChI=1S/C15H13BrO/c16-14(11-12-7-3-1-4-8-12)15(17)13-9-5-2-6-10-13/h1-11,15,17H/b14-11+. The number of aliphatic hydroxyl groups excluding tert-OH is 1. The van der Waals surface area contributed by atoms with E-state index in [4.69, 9.17) is 0 Å². The summed E-state index contributed by atoms with van der Waals surface area (Å²) in [6.07, 6.45) is 1.31. The first kappa shape index (κ1) is 12.1. The number of hydrogen-bond acceptors (Lipinski definition) is 1. The van der Waals surface area contributed by atoms with Crippen LogP contribution in [-0.2, 0) is 0 Å². The summed E-state index contributed by atoms with van der Waals surface area (Å²) in [6.45, 7) is 0. The van der Waals surface area contributed by atoms with Gasteiger partial charge < -0.3 is 5.11 Å². The van der Waals surface area contributed by atoms with Crippen molar-refractivity contribution in [2.24, 2.45) is 0 Å². The molecule has 86 valence electrons. The van der Waals surface area contributed by atoms with Gasteiger partial charge in [-0.25, -0.2) is 0 Å². The van der Waals surface area contributed by atoms with E-state index in [9.17, 15) is 5.11 Å². The zero-order valence-electron chi connectivity index (χ0n) is 9.25. The van der Waals surface area contributed by atoms with Crippen LogP contribution < -0.4 is 0 Å². The molecule has 0 radical (unpaired) electrons. The third-order valence-electron chi connectivity index (χ3n) is 2.48. The molecule has 0 bridgehead atoms. The molecule has 0 aliphatic rings. The van der Waals surface area contributed by atoms with Crippen molar-refractivity contribution in [1.29, 1.82) is 0 Å². The molecule has 1 N–H and O–H groups in total. The van der Waals surface area contributed by atoms with Crippen molar-refractivity contribution in [3.05, 3.63) is 76.3 Å². The van der Waals surface area contributed by atoms with E-state index in [0.29, 0.717) is 0 Å². The Morgan fingerprint density at radius 1 is 0.941 bits per heavy atom. The molecule has 0 aliphatic heterocycles. The number of rotatable bonds is 3. The molecule has 0 heterocycles. The minimum absolute atomic E-state index is 0.614. The van der Waals surface area contributed by atoms with Crippen LogP contribution in [0, 0.1) is 0 Å². The molecule has 0 fully saturated rings. The normalized spacial score (nSPS) is 13.4. The fourth-order valence-corrected chi connectivity index (χ4v) is 2.11. The van der Waals surface area contributed by atoms with Crippen LogP contribution in [0.2, 0.25) is 0 Å². The zero-order valence-corrected chi connectivity index (χ0v) is 10.8. The van der Waals surface area contributed by atoms with Crippen LogP contribution in [0.25, 0.3) is 6.08 Å². The maximum Gasteiger partial charge on any atom is 0.110 e. The van der Waals surface area contributed by atoms with Crippen molar-refractivity contribution in [3.63, 3.8) is 0 Å². The highest BCUT2D eigenvalue weighted by atomic mass is 79.9. The lowest BCUT2D eigenvalue weighted by molar-refractivity contribution is 0.226. The minimum Gasteiger partial charge on any atom is -0.383 e. The first-order valence-electron chi connectivity index (χ1n) is 5.42. The number of hydrogen-bond donors (Lipinski definition) is 1. The van der Waals surface area contributed by atoms with Gasteiger partial charge in [-0.05, 0) is 17.2 Å². The highest BCUT2D eigenvalue weighted by molar-refractivity contribution is 9.11. The Morgan fingerprint density at radius 3 is 2.06 bits per heavy atom. The average Bonchev–Trinajstić information content (AvgIpc) is 2.40. The van der Waals surface area contributed by atoms with Crippen LogP contribution in [0.15, 0.2) is 65.1 Å². The number of halogens is 1. The molecule has 2 rings (SSSR count).